The van der Waals surface area contributed by atoms with Gasteiger partial charge in [0, 0.05) is 12.2 Å². The Morgan fingerprint density at radius 2 is 2.12 bits per heavy atom. The Labute approximate surface area is 98.8 Å². The maximum Gasteiger partial charge on any atom is 0.335 e. The Balaban J connectivity index is 1.90. The monoisotopic (exact) mass is 234 g/mol. The van der Waals surface area contributed by atoms with Crippen LogP contribution in [0.3, 0.4) is 0 Å². The van der Waals surface area contributed by atoms with Gasteiger partial charge in [-0.15, -0.1) is 0 Å². The summed E-state index contributed by atoms with van der Waals surface area (Å²) in [7, 11) is 0. The number of nitrogens with one attached hydrogen (secondary N) is 2. The van der Waals surface area contributed by atoms with Crippen molar-refractivity contribution >= 4 is 17.7 Å². The van der Waals surface area contributed by atoms with Crippen LogP contribution < -0.4 is 10.6 Å². The number of hydrogen-bond donors (Lipinski definition) is 3. The van der Waals surface area contributed by atoms with Crippen molar-refractivity contribution in [2.24, 2.45) is 5.92 Å². The number of benzene rings is 1. The molecule has 2 rings (SSSR count). The standard InChI is InChI=1S/C12H14N2O3/c15-11(16)9-2-1-3-10(6-9)14-12(17)13-7-8-4-5-8/h1-3,6,8H,4-5,7H2,(H,15,16)(H2,13,14,17). The lowest BCUT2D eigenvalue weighted by atomic mass is 10.2. The summed E-state index contributed by atoms with van der Waals surface area (Å²) in [4.78, 5) is 22.2. The van der Waals surface area contributed by atoms with Crippen molar-refractivity contribution in [2.45, 2.75) is 12.8 Å². The fourth-order valence-corrected chi connectivity index (χ4v) is 1.46. The lowest BCUT2D eigenvalue weighted by molar-refractivity contribution is 0.0697. The second-order valence-electron chi connectivity index (χ2n) is 4.16. The van der Waals surface area contributed by atoms with E-state index in [2.05, 4.69) is 10.6 Å². The lowest BCUT2D eigenvalue weighted by Gasteiger charge is -2.07. The van der Waals surface area contributed by atoms with Gasteiger partial charge in [-0.2, -0.15) is 0 Å². The number of anilines is 1. The SMILES string of the molecule is O=C(NCC1CC1)Nc1cccc(C(=O)O)c1. The largest absolute Gasteiger partial charge is 0.478 e. The summed E-state index contributed by atoms with van der Waals surface area (Å²) in [6.07, 6.45) is 2.35. The average molecular weight is 234 g/mol. The van der Waals surface area contributed by atoms with E-state index in [0.717, 1.165) is 0 Å². The van der Waals surface area contributed by atoms with Crippen LogP contribution in [0.4, 0.5) is 10.5 Å². The van der Waals surface area contributed by atoms with E-state index in [0.29, 0.717) is 18.2 Å². The van der Waals surface area contributed by atoms with E-state index in [1.165, 1.54) is 25.0 Å². The van der Waals surface area contributed by atoms with Crippen LogP contribution in [0, 0.1) is 5.92 Å². The van der Waals surface area contributed by atoms with E-state index >= 15 is 0 Å². The quantitative estimate of drug-likeness (QED) is 0.744. The van der Waals surface area contributed by atoms with Gasteiger partial charge in [0.25, 0.3) is 0 Å². The van der Waals surface area contributed by atoms with E-state index < -0.39 is 5.97 Å². The van der Waals surface area contributed by atoms with Crippen molar-refractivity contribution in [3.8, 4) is 0 Å². The Morgan fingerprint density at radius 1 is 1.35 bits per heavy atom. The maximum atomic E-state index is 11.5. The summed E-state index contributed by atoms with van der Waals surface area (Å²) in [6, 6.07) is 5.87. The molecule has 1 aromatic rings. The molecule has 0 aromatic heterocycles. The van der Waals surface area contributed by atoms with Crippen LogP contribution in [0.25, 0.3) is 0 Å². The number of carbonyl (C=O) groups excluding carboxylic acids is 1. The molecular formula is C12H14N2O3. The van der Waals surface area contributed by atoms with Gasteiger partial charge < -0.3 is 15.7 Å². The first-order valence-electron chi connectivity index (χ1n) is 5.53. The van der Waals surface area contributed by atoms with Crippen LogP contribution >= 0.6 is 0 Å². The molecule has 0 heterocycles. The topological polar surface area (TPSA) is 78.4 Å². The Bertz CT molecular complexity index is 441. The number of carboxylic acids is 1. The minimum atomic E-state index is -1.01. The summed E-state index contributed by atoms with van der Waals surface area (Å²) in [6.45, 7) is 0.685. The highest BCUT2D eigenvalue weighted by Crippen LogP contribution is 2.27. The predicted octanol–water partition coefficient (Wildman–Crippen LogP) is 1.92. The Hall–Kier alpha value is -2.04. The minimum Gasteiger partial charge on any atom is -0.478 e. The highest BCUT2D eigenvalue weighted by atomic mass is 16.4. The molecule has 5 nitrogen and oxygen atoms in total. The van der Waals surface area contributed by atoms with Crippen molar-refractivity contribution in [1.29, 1.82) is 0 Å². The molecule has 1 aromatic carbocycles. The van der Waals surface area contributed by atoms with Gasteiger partial charge in [0.05, 0.1) is 5.56 Å². The molecule has 0 saturated heterocycles. The summed E-state index contributed by atoms with van der Waals surface area (Å²) < 4.78 is 0. The number of carboxylic acid groups (broad SMARTS) is 1. The molecule has 0 unspecified atom stereocenters. The van der Waals surface area contributed by atoms with E-state index in [9.17, 15) is 9.59 Å². The number of hydrogen-bond acceptors (Lipinski definition) is 2. The van der Waals surface area contributed by atoms with Gasteiger partial charge >= 0.3 is 12.0 Å². The zero-order chi connectivity index (χ0) is 12.3. The smallest absolute Gasteiger partial charge is 0.335 e. The molecule has 17 heavy (non-hydrogen) atoms. The van der Waals surface area contributed by atoms with Gasteiger partial charge in [-0.05, 0) is 37.0 Å². The van der Waals surface area contributed by atoms with Crippen molar-refractivity contribution < 1.29 is 14.7 Å². The van der Waals surface area contributed by atoms with Gasteiger partial charge in [-0.1, -0.05) is 6.07 Å². The van der Waals surface area contributed by atoms with Gasteiger partial charge in [0.1, 0.15) is 0 Å². The molecule has 1 aliphatic carbocycles. The molecule has 0 spiro atoms. The number of urea groups is 1. The van der Waals surface area contributed by atoms with Crippen LogP contribution in [0.2, 0.25) is 0 Å². The third-order valence-corrected chi connectivity index (χ3v) is 2.62. The van der Waals surface area contributed by atoms with Gasteiger partial charge in [0.15, 0.2) is 0 Å². The number of rotatable bonds is 4. The second kappa shape index (κ2) is 4.86. The van der Waals surface area contributed by atoms with Crippen molar-refractivity contribution in [2.75, 3.05) is 11.9 Å². The molecule has 90 valence electrons. The summed E-state index contributed by atoms with van der Waals surface area (Å²) in [5, 5.41) is 14.2. The van der Waals surface area contributed by atoms with Crippen molar-refractivity contribution in [3.63, 3.8) is 0 Å². The van der Waals surface area contributed by atoms with Crippen LogP contribution in [0.1, 0.15) is 23.2 Å². The second-order valence-corrected chi connectivity index (χ2v) is 4.16. The first kappa shape index (κ1) is 11.4. The first-order valence-corrected chi connectivity index (χ1v) is 5.53. The fourth-order valence-electron chi connectivity index (χ4n) is 1.46. The predicted molar refractivity (Wildman–Crippen MR) is 63.1 cm³/mol. The minimum absolute atomic E-state index is 0.157. The first-order chi connectivity index (χ1) is 8.15. The van der Waals surface area contributed by atoms with E-state index in [-0.39, 0.29) is 11.6 Å². The summed E-state index contributed by atoms with van der Waals surface area (Å²) >= 11 is 0. The highest BCUT2D eigenvalue weighted by molar-refractivity contribution is 5.93. The zero-order valence-corrected chi connectivity index (χ0v) is 9.27. The molecule has 1 saturated carbocycles. The molecular weight excluding hydrogens is 220 g/mol. The lowest BCUT2D eigenvalue weighted by Crippen LogP contribution is -2.30. The van der Waals surface area contributed by atoms with Crippen molar-refractivity contribution in [3.05, 3.63) is 29.8 Å². The molecule has 1 aliphatic rings. The Morgan fingerprint density at radius 3 is 2.76 bits per heavy atom. The van der Waals surface area contributed by atoms with E-state index in [1.807, 2.05) is 0 Å². The van der Waals surface area contributed by atoms with E-state index in [1.54, 1.807) is 12.1 Å². The summed E-state index contributed by atoms with van der Waals surface area (Å²) in [5.41, 5.74) is 0.642. The molecule has 0 atom stereocenters. The molecule has 1 fully saturated rings. The zero-order valence-electron chi connectivity index (χ0n) is 9.27. The number of amides is 2. The molecule has 0 aliphatic heterocycles. The van der Waals surface area contributed by atoms with Crippen LogP contribution in [0.5, 0.6) is 0 Å². The van der Waals surface area contributed by atoms with Gasteiger partial charge in [-0.25, -0.2) is 9.59 Å². The Kier molecular flexibility index (Phi) is 3.27. The molecule has 2 amide bonds. The molecule has 0 radical (unpaired) electrons. The molecule has 0 bridgehead atoms. The van der Waals surface area contributed by atoms with E-state index in [4.69, 9.17) is 5.11 Å². The average Bonchev–Trinajstić information content (AvgIpc) is 3.10. The highest BCUT2D eigenvalue weighted by Gasteiger charge is 2.21. The number of carbonyl (C=O) groups is 2. The third kappa shape index (κ3) is 3.48. The van der Waals surface area contributed by atoms with Crippen LogP contribution in [-0.2, 0) is 0 Å². The third-order valence-electron chi connectivity index (χ3n) is 2.62. The normalized spacial score (nSPS) is 14.1. The fraction of sp³-hybridized carbons (Fsp3) is 0.333. The van der Waals surface area contributed by atoms with Crippen LogP contribution in [0.15, 0.2) is 24.3 Å². The number of aromatic carboxylic acids is 1. The summed E-state index contributed by atoms with van der Waals surface area (Å²) in [5.74, 6) is -0.391. The van der Waals surface area contributed by atoms with Gasteiger partial charge in [0.2, 0.25) is 0 Å². The van der Waals surface area contributed by atoms with Crippen molar-refractivity contribution in [1.82, 2.24) is 5.32 Å². The molecule has 5 heteroatoms. The maximum absolute atomic E-state index is 11.5. The molecule has 3 N–H and O–H groups in total. The van der Waals surface area contributed by atoms with Gasteiger partial charge in [-0.3, -0.25) is 0 Å². The van der Waals surface area contributed by atoms with Crippen LogP contribution in [-0.4, -0.2) is 23.7 Å².